The lowest BCUT2D eigenvalue weighted by molar-refractivity contribution is 0.0954. The minimum absolute atomic E-state index is 0.131. The number of hydrogen-bond acceptors (Lipinski definition) is 5. The SMILES string of the molecule is O=C(NCc1cn2cc(Br)ccc2n1)c1cnc(-c2cccs2)s1. The van der Waals surface area contributed by atoms with Crippen molar-refractivity contribution >= 4 is 50.2 Å². The molecule has 0 aromatic carbocycles. The van der Waals surface area contributed by atoms with E-state index in [9.17, 15) is 4.79 Å². The van der Waals surface area contributed by atoms with Gasteiger partial charge in [-0.25, -0.2) is 9.97 Å². The first-order valence-electron chi connectivity index (χ1n) is 7.10. The van der Waals surface area contributed by atoms with E-state index in [0.717, 1.165) is 25.7 Å². The lowest BCUT2D eigenvalue weighted by atomic mass is 10.4. The number of thiazole rings is 1. The highest BCUT2D eigenvalue weighted by molar-refractivity contribution is 9.10. The number of rotatable bonds is 4. The van der Waals surface area contributed by atoms with Gasteiger partial charge in [-0.05, 0) is 39.5 Å². The second-order valence-electron chi connectivity index (χ2n) is 5.03. The highest BCUT2D eigenvalue weighted by atomic mass is 79.9. The summed E-state index contributed by atoms with van der Waals surface area (Å²) in [6, 6.07) is 7.84. The fraction of sp³-hybridized carbons (Fsp3) is 0.0625. The molecule has 1 amide bonds. The third-order valence-electron chi connectivity index (χ3n) is 3.36. The van der Waals surface area contributed by atoms with E-state index in [1.165, 1.54) is 11.3 Å². The third-order valence-corrected chi connectivity index (χ3v) is 5.86. The van der Waals surface area contributed by atoms with E-state index in [4.69, 9.17) is 0 Å². The molecule has 0 aliphatic heterocycles. The lowest BCUT2D eigenvalue weighted by Gasteiger charge is -1.99. The van der Waals surface area contributed by atoms with E-state index < -0.39 is 0 Å². The van der Waals surface area contributed by atoms with Gasteiger partial charge in [-0.2, -0.15) is 0 Å². The molecule has 4 aromatic rings. The van der Waals surface area contributed by atoms with E-state index >= 15 is 0 Å². The summed E-state index contributed by atoms with van der Waals surface area (Å²) in [7, 11) is 0. The second kappa shape index (κ2) is 6.46. The number of thiophene rings is 1. The molecule has 5 nitrogen and oxygen atoms in total. The third kappa shape index (κ3) is 3.12. The number of carbonyl (C=O) groups excluding carboxylic acids is 1. The number of imidazole rings is 1. The highest BCUT2D eigenvalue weighted by Crippen LogP contribution is 2.28. The van der Waals surface area contributed by atoms with E-state index in [1.54, 1.807) is 17.5 Å². The van der Waals surface area contributed by atoms with Crippen molar-refractivity contribution < 1.29 is 4.79 Å². The van der Waals surface area contributed by atoms with Crippen LogP contribution in [0.1, 0.15) is 15.4 Å². The Hall–Kier alpha value is -2.03. The second-order valence-corrected chi connectivity index (χ2v) is 7.93. The number of pyridine rings is 1. The maximum atomic E-state index is 12.3. The predicted octanol–water partition coefficient (Wildman–Crippen LogP) is 4.21. The topological polar surface area (TPSA) is 59.3 Å². The van der Waals surface area contributed by atoms with Crippen LogP contribution < -0.4 is 5.32 Å². The zero-order valence-corrected chi connectivity index (χ0v) is 15.5. The number of nitrogens with zero attached hydrogens (tertiary/aromatic N) is 3. The van der Waals surface area contributed by atoms with E-state index in [2.05, 4.69) is 31.2 Å². The van der Waals surface area contributed by atoms with Gasteiger partial charge in [-0.15, -0.1) is 22.7 Å². The number of hydrogen-bond donors (Lipinski definition) is 1. The molecule has 0 unspecified atom stereocenters. The van der Waals surface area contributed by atoms with Gasteiger partial charge in [-0.3, -0.25) is 4.79 Å². The van der Waals surface area contributed by atoms with Crippen LogP contribution >= 0.6 is 38.6 Å². The molecule has 0 atom stereocenters. The molecular formula is C16H11BrN4OS2. The van der Waals surface area contributed by atoms with Crippen molar-refractivity contribution in [2.24, 2.45) is 0 Å². The Bertz CT molecular complexity index is 1010. The zero-order valence-electron chi connectivity index (χ0n) is 12.3. The Morgan fingerprint density at radius 3 is 3.04 bits per heavy atom. The molecule has 0 aliphatic rings. The quantitative estimate of drug-likeness (QED) is 0.539. The molecule has 1 N–H and O–H groups in total. The van der Waals surface area contributed by atoms with E-state index in [-0.39, 0.29) is 5.91 Å². The van der Waals surface area contributed by atoms with Crippen LogP contribution in [-0.4, -0.2) is 20.3 Å². The van der Waals surface area contributed by atoms with Crippen molar-refractivity contribution in [3.8, 4) is 9.88 Å². The summed E-state index contributed by atoms with van der Waals surface area (Å²) in [6.07, 6.45) is 5.46. The Labute approximate surface area is 154 Å². The number of halogens is 1. The van der Waals surface area contributed by atoms with Crippen LogP contribution in [-0.2, 0) is 6.54 Å². The Morgan fingerprint density at radius 2 is 2.21 bits per heavy atom. The monoisotopic (exact) mass is 418 g/mol. The van der Waals surface area contributed by atoms with E-state index in [0.29, 0.717) is 11.4 Å². The summed E-state index contributed by atoms with van der Waals surface area (Å²) < 4.78 is 2.90. The molecule has 0 radical (unpaired) electrons. The minimum Gasteiger partial charge on any atom is -0.346 e. The molecular weight excluding hydrogens is 408 g/mol. The molecule has 0 bridgehead atoms. The maximum Gasteiger partial charge on any atom is 0.263 e. The van der Waals surface area contributed by atoms with Gasteiger partial charge in [-0.1, -0.05) is 6.07 Å². The molecule has 0 saturated heterocycles. The normalized spacial score (nSPS) is 11.0. The molecule has 24 heavy (non-hydrogen) atoms. The lowest BCUT2D eigenvalue weighted by Crippen LogP contribution is -2.21. The summed E-state index contributed by atoms with van der Waals surface area (Å²) in [5, 5.41) is 5.76. The summed E-state index contributed by atoms with van der Waals surface area (Å²) in [4.78, 5) is 22.8. The van der Waals surface area contributed by atoms with Crippen molar-refractivity contribution in [2.45, 2.75) is 6.54 Å². The number of carbonyl (C=O) groups is 1. The largest absolute Gasteiger partial charge is 0.346 e. The van der Waals surface area contributed by atoms with Crippen molar-refractivity contribution in [3.63, 3.8) is 0 Å². The van der Waals surface area contributed by atoms with Crippen molar-refractivity contribution in [2.75, 3.05) is 0 Å². The first-order valence-corrected chi connectivity index (χ1v) is 9.59. The van der Waals surface area contributed by atoms with Crippen LogP contribution in [0.3, 0.4) is 0 Å². The Morgan fingerprint density at radius 1 is 1.29 bits per heavy atom. The zero-order chi connectivity index (χ0) is 16.5. The highest BCUT2D eigenvalue weighted by Gasteiger charge is 2.12. The van der Waals surface area contributed by atoms with Gasteiger partial charge in [0.05, 0.1) is 23.3 Å². The number of aromatic nitrogens is 3. The van der Waals surface area contributed by atoms with Crippen molar-refractivity contribution in [3.05, 3.63) is 63.3 Å². The molecule has 0 saturated carbocycles. The van der Waals surface area contributed by atoms with Gasteiger partial charge in [0.25, 0.3) is 5.91 Å². The first-order chi connectivity index (χ1) is 11.7. The number of amides is 1. The molecule has 120 valence electrons. The molecule has 0 spiro atoms. The van der Waals surface area contributed by atoms with Crippen LogP contribution in [0.5, 0.6) is 0 Å². The first kappa shape index (κ1) is 15.5. The molecule has 4 aromatic heterocycles. The minimum atomic E-state index is -0.131. The van der Waals surface area contributed by atoms with Crippen LogP contribution in [0.2, 0.25) is 0 Å². The average molecular weight is 419 g/mol. The van der Waals surface area contributed by atoms with Crippen LogP contribution in [0.15, 0.2) is 52.7 Å². The van der Waals surface area contributed by atoms with Gasteiger partial charge in [0.15, 0.2) is 0 Å². The van der Waals surface area contributed by atoms with Crippen LogP contribution in [0.25, 0.3) is 15.5 Å². The fourth-order valence-corrected chi connectivity index (χ4v) is 4.24. The summed E-state index contributed by atoms with van der Waals surface area (Å²) in [6.45, 7) is 0.379. The van der Waals surface area contributed by atoms with E-state index in [1.807, 2.05) is 46.4 Å². The average Bonchev–Trinajstić information content (AvgIpc) is 3.30. The standard InChI is InChI=1S/C16H11BrN4OS2/c17-10-3-4-14-20-11(9-21(14)8-10)6-18-15(22)13-7-19-16(24-13)12-2-1-5-23-12/h1-5,7-9H,6H2,(H,18,22). The number of nitrogens with one attached hydrogen (secondary N) is 1. The van der Waals surface area contributed by atoms with Crippen molar-refractivity contribution in [1.82, 2.24) is 19.7 Å². The molecule has 4 rings (SSSR count). The smallest absolute Gasteiger partial charge is 0.263 e. The fourth-order valence-electron chi connectivity index (χ4n) is 2.25. The van der Waals surface area contributed by atoms with Crippen molar-refractivity contribution in [1.29, 1.82) is 0 Å². The molecule has 0 fully saturated rings. The summed E-state index contributed by atoms with van der Waals surface area (Å²) >= 11 is 6.44. The summed E-state index contributed by atoms with van der Waals surface area (Å²) in [5.41, 5.74) is 1.66. The van der Waals surface area contributed by atoms with Gasteiger partial charge < -0.3 is 9.72 Å². The molecule has 8 heteroatoms. The maximum absolute atomic E-state index is 12.3. The van der Waals surface area contributed by atoms with Gasteiger partial charge in [0, 0.05) is 16.9 Å². The molecule has 4 heterocycles. The van der Waals surface area contributed by atoms with Gasteiger partial charge in [0.1, 0.15) is 15.5 Å². The Balaban J connectivity index is 1.46. The predicted molar refractivity (Wildman–Crippen MR) is 99.5 cm³/mol. The van der Waals surface area contributed by atoms with Gasteiger partial charge in [0.2, 0.25) is 0 Å². The Kier molecular flexibility index (Phi) is 4.17. The number of fused-ring (bicyclic) bond motifs is 1. The van der Waals surface area contributed by atoms with Crippen LogP contribution in [0.4, 0.5) is 0 Å². The van der Waals surface area contributed by atoms with Gasteiger partial charge >= 0.3 is 0 Å². The molecule has 0 aliphatic carbocycles. The summed E-state index contributed by atoms with van der Waals surface area (Å²) in [5.74, 6) is -0.131. The van der Waals surface area contributed by atoms with Crippen LogP contribution in [0, 0.1) is 0 Å².